The van der Waals surface area contributed by atoms with Gasteiger partial charge in [0.25, 0.3) is 11.5 Å². The first kappa shape index (κ1) is 19.6. The molecule has 3 aromatic heterocycles. The minimum absolute atomic E-state index is 0.0477. The van der Waals surface area contributed by atoms with E-state index in [1.807, 2.05) is 6.07 Å². The van der Waals surface area contributed by atoms with E-state index in [0.29, 0.717) is 35.4 Å². The zero-order chi connectivity index (χ0) is 20.9. The molecule has 3 aromatic rings. The van der Waals surface area contributed by atoms with E-state index >= 15 is 0 Å². The van der Waals surface area contributed by atoms with E-state index in [-0.39, 0.29) is 11.5 Å². The Morgan fingerprint density at radius 1 is 1.17 bits per heavy atom. The van der Waals surface area contributed by atoms with Gasteiger partial charge >= 0.3 is 0 Å². The van der Waals surface area contributed by atoms with Crippen LogP contribution in [0.15, 0.2) is 46.4 Å². The summed E-state index contributed by atoms with van der Waals surface area (Å²) in [5, 5.41) is 9.98. The number of nitrogens with zero attached hydrogens (tertiary/aromatic N) is 5. The molecule has 0 spiro atoms. The fourth-order valence-electron chi connectivity index (χ4n) is 3.34. The molecule has 0 atom stereocenters. The van der Waals surface area contributed by atoms with Crippen LogP contribution < -0.4 is 16.6 Å². The lowest BCUT2D eigenvalue weighted by Crippen LogP contribution is -2.34. The minimum Gasteiger partial charge on any atom is -0.367 e. The van der Waals surface area contributed by atoms with Crippen molar-refractivity contribution in [1.29, 1.82) is 0 Å². The number of anilines is 1. The lowest BCUT2D eigenvalue weighted by atomic mass is 10.2. The van der Waals surface area contributed by atoms with Crippen molar-refractivity contribution in [2.24, 2.45) is 10.7 Å². The number of nitrogens with one attached hydrogen (secondary N) is 2. The summed E-state index contributed by atoms with van der Waals surface area (Å²) in [5.74, 6) is 1.40. The Kier molecular flexibility index (Phi) is 5.75. The number of hydrogen-bond donors (Lipinski definition) is 3. The van der Waals surface area contributed by atoms with Gasteiger partial charge in [0.1, 0.15) is 11.2 Å². The van der Waals surface area contributed by atoms with Crippen LogP contribution in [0.4, 0.5) is 5.82 Å². The maximum Gasteiger partial charge on any atom is 0.273 e. The van der Waals surface area contributed by atoms with Gasteiger partial charge in [0.05, 0.1) is 10.9 Å². The number of aromatic amines is 1. The lowest BCUT2D eigenvalue weighted by molar-refractivity contribution is 0.0855. The summed E-state index contributed by atoms with van der Waals surface area (Å²) < 4.78 is 0. The SMILES string of the molecule is NCCCNc1n[nH]c(=O)c2cccnc12.O=C1c2cccnc2C2=NCCCN12. The fourth-order valence-corrected chi connectivity index (χ4v) is 3.34. The largest absolute Gasteiger partial charge is 0.367 e. The molecule has 10 heteroatoms. The van der Waals surface area contributed by atoms with E-state index in [4.69, 9.17) is 5.73 Å². The number of amidine groups is 1. The van der Waals surface area contributed by atoms with Gasteiger partial charge in [0.15, 0.2) is 11.7 Å². The number of carbonyl (C=O) groups excluding carboxylic acids is 1. The van der Waals surface area contributed by atoms with E-state index in [1.165, 1.54) is 0 Å². The third-order valence-corrected chi connectivity index (χ3v) is 4.77. The summed E-state index contributed by atoms with van der Waals surface area (Å²) >= 11 is 0. The number of pyridine rings is 2. The van der Waals surface area contributed by atoms with Gasteiger partial charge < -0.3 is 11.1 Å². The number of nitrogens with two attached hydrogens (primary N) is 1. The van der Waals surface area contributed by atoms with Gasteiger partial charge in [-0.15, -0.1) is 0 Å². The number of aromatic nitrogens is 4. The summed E-state index contributed by atoms with van der Waals surface area (Å²) in [5.41, 5.74) is 7.19. The topological polar surface area (TPSA) is 142 Å². The summed E-state index contributed by atoms with van der Waals surface area (Å²) in [7, 11) is 0. The van der Waals surface area contributed by atoms with Gasteiger partial charge in [-0.05, 0) is 43.7 Å². The van der Waals surface area contributed by atoms with Crippen molar-refractivity contribution in [2.45, 2.75) is 12.8 Å². The van der Waals surface area contributed by atoms with Crippen molar-refractivity contribution in [2.75, 3.05) is 31.5 Å². The molecule has 154 valence electrons. The molecule has 30 heavy (non-hydrogen) atoms. The van der Waals surface area contributed by atoms with Crippen molar-refractivity contribution in [1.82, 2.24) is 25.1 Å². The van der Waals surface area contributed by atoms with E-state index in [0.717, 1.165) is 37.5 Å². The second kappa shape index (κ2) is 8.78. The third-order valence-electron chi connectivity index (χ3n) is 4.77. The molecule has 1 amide bonds. The molecule has 0 aliphatic carbocycles. The van der Waals surface area contributed by atoms with Crippen LogP contribution in [0.3, 0.4) is 0 Å². The first-order valence-electron chi connectivity index (χ1n) is 9.79. The maximum atomic E-state index is 11.8. The molecule has 0 saturated carbocycles. The number of rotatable bonds is 4. The minimum atomic E-state index is -0.229. The van der Waals surface area contributed by atoms with Gasteiger partial charge in [-0.3, -0.25) is 29.4 Å². The molecule has 10 nitrogen and oxygen atoms in total. The molecule has 5 heterocycles. The molecule has 0 unspecified atom stereocenters. The van der Waals surface area contributed by atoms with Crippen LogP contribution in [0.1, 0.15) is 28.9 Å². The Hall–Kier alpha value is -3.66. The van der Waals surface area contributed by atoms with Crippen molar-refractivity contribution in [3.63, 3.8) is 0 Å². The monoisotopic (exact) mass is 406 g/mol. The predicted octanol–water partition coefficient (Wildman–Crippen LogP) is 0.766. The number of amides is 1. The first-order valence-corrected chi connectivity index (χ1v) is 9.79. The zero-order valence-corrected chi connectivity index (χ0v) is 16.3. The summed E-state index contributed by atoms with van der Waals surface area (Å²) in [6.07, 6.45) is 5.13. The van der Waals surface area contributed by atoms with Crippen LogP contribution in [-0.4, -0.2) is 63.0 Å². The van der Waals surface area contributed by atoms with Gasteiger partial charge in [-0.1, -0.05) is 0 Å². The second-order valence-electron chi connectivity index (χ2n) is 6.79. The molecule has 4 N–H and O–H groups in total. The summed E-state index contributed by atoms with van der Waals surface area (Å²) in [6, 6.07) is 7.04. The van der Waals surface area contributed by atoms with Gasteiger partial charge in [-0.25, -0.2) is 5.10 Å². The molecular weight excluding hydrogens is 384 g/mol. The zero-order valence-electron chi connectivity index (χ0n) is 16.3. The molecular formula is C20H22N8O2. The van der Waals surface area contributed by atoms with Crippen molar-refractivity contribution in [3.05, 3.63) is 58.3 Å². The standard InChI is InChI=1S/C10H13N5O.C10H9N3O/c11-4-2-6-13-9-8-7(3-1-5-12-8)10(16)15-14-9;14-10-7-3-1-4-11-8(7)9-12-5-2-6-13(9)10/h1,3,5H,2,4,6,11H2,(H,13,14)(H,15,16);1,3-4H,2,5-6H2. The normalized spacial score (nSPS) is 14.5. The Morgan fingerprint density at radius 2 is 2.00 bits per heavy atom. The van der Waals surface area contributed by atoms with Gasteiger partial charge in [0, 0.05) is 32.0 Å². The van der Waals surface area contributed by atoms with Gasteiger partial charge in [0.2, 0.25) is 0 Å². The molecule has 5 rings (SSSR count). The molecule has 0 fully saturated rings. The lowest BCUT2D eigenvalue weighted by Gasteiger charge is -2.19. The Balaban J connectivity index is 0.000000146. The Labute approximate surface area is 172 Å². The van der Waals surface area contributed by atoms with Crippen LogP contribution in [0.5, 0.6) is 0 Å². The quantitative estimate of drug-likeness (QED) is 0.543. The summed E-state index contributed by atoms with van der Waals surface area (Å²) in [4.78, 5) is 37.7. The molecule has 0 saturated heterocycles. The highest BCUT2D eigenvalue weighted by molar-refractivity contribution is 6.22. The predicted molar refractivity (Wildman–Crippen MR) is 114 cm³/mol. The molecule has 0 radical (unpaired) electrons. The van der Waals surface area contributed by atoms with Crippen LogP contribution in [0.25, 0.3) is 10.9 Å². The van der Waals surface area contributed by atoms with E-state index in [9.17, 15) is 9.59 Å². The third kappa shape index (κ3) is 3.77. The smallest absolute Gasteiger partial charge is 0.273 e. The fraction of sp³-hybridized carbons (Fsp3) is 0.300. The van der Waals surface area contributed by atoms with Crippen molar-refractivity contribution >= 4 is 28.5 Å². The van der Waals surface area contributed by atoms with Crippen LogP contribution in [0.2, 0.25) is 0 Å². The number of H-pyrrole nitrogens is 1. The molecule has 0 aromatic carbocycles. The van der Waals surface area contributed by atoms with Crippen LogP contribution in [-0.2, 0) is 0 Å². The van der Waals surface area contributed by atoms with Crippen molar-refractivity contribution < 1.29 is 4.79 Å². The Morgan fingerprint density at radius 3 is 2.87 bits per heavy atom. The number of fused-ring (bicyclic) bond motifs is 4. The molecule has 2 aliphatic heterocycles. The van der Waals surface area contributed by atoms with Crippen molar-refractivity contribution in [3.8, 4) is 0 Å². The van der Waals surface area contributed by atoms with E-state index < -0.39 is 0 Å². The number of hydrogen-bond acceptors (Lipinski definition) is 8. The van der Waals surface area contributed by atoms with Crippen LogP contribution in [0, 0.1) is 0 Å². The molecule has 2 aliphatic rings. The number of carbonyl (C=O) groups is 1. The van der Waals surface area contributed by atoms with E-state index in [2.05, 4.69) is 30.5 Å². The first-order chi connectivity index (χ1) is 14.7. The van der Waals surface area contributed by atoms with Crippen LogP contribution >= 0.6 is 0 Å². The molecule has 0 bridgehead atoms. The summed E-state index contributed by atoms with van der Waals surface area (Å²) in [6.45, 7) is 2.89. The second-order valence-corrected chi connectivity index (χ2v) is 6.79. The Bertz CT molecular complexity index is 1160. The maximum absolute atomic E-state index is 11.8. The highest BCUT2D eigenvalue weighted by Gasteiger charge is 2.35. The average Bonchev–Trinajstić information content (AvgIpc) is 3.09. The van der Waals surface area contributed by atoms with Gasteiger partial charge in [-0.2, -0.15) is 5.10 Å². The van der Waals surface area contributed by atoms with E-state index in [1.54, 1.807) is 35.5 Å². The number of aliphatic imine (C=N–C) groups is 1. The average molecular weight is 406 g/mol. The highest BCUT2D eigenvalue weighted by atomic mass is 16.2. The highest BCUT2D eigenvalue weighted by Crippen LogP contribution is 2.23.